The van der Waals surface area contributed by atoms with Crippen LogP contribution in [0.5, 0.6) is 0 Å². The number of benzene rings is 1. The number of amides is 1. The lowest BCUT2D eigenvalue weighted by Gasteiger charge is -2.07. The Morgan fingerprint density at radius 2 is 2.07 bits per heavy atom. The molecule has 2 nitrogen and oxygen atoms in total. The molecule has 1 amide bonds. The first-order valence-electron chi connectivity index (χ1n) is 5.00. The minimum absolute atomic E-state index is 0.0318. The van der Waals surface area contributed by atoms with Gasteiger partial charge in [0, 0.05) is 12.1 Å². The van der Waals surface area contributed by atoms with Gasteiger partial charge in [0.2, 0.25) is 0 Å². The summed E-state index contributed by atoms with van der Waals surface area (Å²) in [5, 5.41) is 2.87. The van der Waals surface area contributed by atoms with Crippen LogP contribution in [0.15, 0.2) is 18.2 Å². The van der Waals surface area contributed by atoms with Crippen molar-refractivity contribution in [1.29, 1.82) is 0 Å². The van der Waals surface area contributed by atoms with E-state index in [2.05, 4.69) is 5.32 Å². The quantitative estimate of drug-likeness (QED) is 0.781. The van der Waals surface area contributed by atoms with Gasteiger partial charge in [-0.25, -0.2) is 0 Å². The van der Waals surface area contributed by atoms with Gasteiger partial charge in [0.25, 0.3) is 5.91 Å². The maximum atomic E-state index is 11.6. The molecule has 0 radical (unpaired) electrons. The molecule has 1 aromatic carbocycles. The van der Waals surface area contributed by atoms with Crippen molar-refractivity contribution in [2.45, 2.75) is 27.2 Å². The number of hydrogen-bond acceptors (Lipinski definition) is 1. The number of rotatable bonds is 3. The number of nitrogens with one attached hydrogen (secondary N) is 1. The van der Waals surface area contributed by atoms with E-state index in [1.807, 2.05) is 39.0 Å². The van der Waals surface area contributed by atoms with Crippen molar-refractivity contribution in [2.24, 2.45) is 0 Å². The fraction of sp³-hybridized carbons (Fsp3) is 0.417. The van der Waals surface area contributed by atoms with Crippen molar-refractivity contribution in [3.63, 3.8) is 0 Å². The molecule has 0 aliphatic rings. The largest absolute Gasteiger partial charge is 0.352 e. The molecule has 0 bridgehead atoms. The third-order valence-electron chi connectivity index (χ3n) is 2.16. The van der Waals surface area contributed by atoms with Crippen molar-refractivity contribution >= 4 is 5.91 Å². The minimum atomic E-state index is 0.0318. The van der Waals surface area contributed by atoms with Crippen molar-refractivity contribution in [3.05, 3.63) is 34.9 Å². The molecule has 0 aromatic heterocycles. The highest BCUT2D eigenvalue weighted by Crippen LogP contribution is 2.10. The van der Waals surface area contributed by atoms with Crippen LogP contribution in [-0.4, -0.2) is 12.5 Å². The highest BCUT2D eigenvalue weighted by atomic mass is 16.1. The number of carbonyl (C=O) groups is 1. The predicted octanol–water partition coefficient (Wildman–Crippen LogP) is 2.44. The molecule has 1 aromatic rings. The van der Waals surface area contributed by atoms with Crippen LogP contribution >= 0.6 is 0 Å². The number of carbonyl (C=O) groups excluding carboxylic acids is 1. The smallest absolute Gasteiger partial charge is 0.251 e. The highest BCUT2D eigenvalue weighted by Gasteiger charge is 2.06. The molecule has 0 aliphatic carbocycles. The standard InChI is InChI=1S/C12H17NO/c1-4-7-13-12(14)11-6-5-9(2)8-10(11)3/h5-6,8H,4,7H2,1-3H3,(H,13,14). The molecule has 0 aliphatic heterocycles. The van der Waals surface area contributed by atoms with Gasteiger partial charge in [0.15, 0.2) is 0 Å². The Bertz CT molecular complexity index is 331. The highest BCUT2D eigenvalue weighted by molar-refractivity contribution is 5.95. The Morgan fingerprint density at radius 3 is 2.64 bits per heavy atom. The topological polar surface area (TPSA) is 29.1 Å². The van der Waals surface area contributed by atoms with Crippen molar-refractivity contribution in [3.8, 4) is 0 Å². The fourth-order valence-corrected chi connectivity index (χ4v) is 1.40. The van der Waals surface area contributed by atoms with Gasteiger partial charge in [-0.2, -0.15) is 0 Å². The number of hydrogen-bond donors (Lipinski definition) is 1. The Hall–Kier alpha value is -1.31. The molecular weight excluding hydrogens is 174 g/mol. The Labute approximate surface area is 85.3 Å². The van der Waals surface area contributed by atoms with Crippen molar-refractivity contribution in [1.82, 2.24) is 5.32 Å². The second-order valence-electron chi connectivity index (χ2n) is 3.57. The van der Waals surface area contributed by atoms with Crippen molar-refractivity contribution < 1.29 is 4.79 Å². The summed E-state index contributed by atoms with van der Waals surface area (Å²) >= 11 is 0. The van der Waals surface area contributed by atoms with Crippen LogP contribution in [0, 0.1) is 13.8 Å². The van der Waals surface area contributed by atoms with Crippen LogP contribution in [0.4, 0.5) is 0 Å². The summed E-state index contributed by atoms with van der Waals surface area (Å²) in [6.07, 6.45) is 0.969. The summed E-state index contributed by atoms with van der Waals surface area (Å²) in [6.45, 7) is 6.78. The number of aryl methyl sites for hydroxylation is 2. The third-order valence-corrected chi connectivity index (χ3v) is 2.16. The normalized spacial score (nSPS) is 9.93. The maximum absolute atomic E-state index is 11.6. The lowest BCUT2D eigenvalue weighted by Crippen LogP contribution is -2.24. The van der Waals surface area contributed by atoms with Gasteiger partial charge in [-0.1, -0.05) is 24.6 Å². The fourth-order valence-electron chi connectivity index (χ4n) is 1.40. The van der Waals surface area contributed by atoms with E-state index in [9.17, 15) is 4.79 Å². The lowest BCUT2D eigenvalue weighted by atomic mass is 10.1. The molecule has 0 fully saturated rings. The Kier molecular flexibility index (Phi) is 3.69. The van der Waals surface area contributed by atoms with Gasteiger partial charge < -0.3 is 5.32 Å². The van der Waals surface area contributed by atoms with E-state index in [0.717, 1.165) is 24.1 Å². The van der Waals surface area contributed by atoms with Gasteiger partial charge in [0.05, 0.1) is 0 Å². The van der Waals surface area contributed by atoms with E-state index in [0.29, 0.717) is 0 Å². The lowest BCUT2D eigenvalue weighted by molar-refractivity contribution is 0.0953. The predicted molar refractivity (Wildman–Crippen MR) is 58.5 cm³/mol. The van der Waals surface area contributed by atoms with Crippen LogP contribution in [0.3, 0.4) is 0 Å². The van der Waals surface area contributed by atoms with Crippen LogP contribution < -0.4 is 5.32 Å². The van der Waals surface area contributed by atoms with E-state index >= 15 is 0 Å². The van der Waals surface area contributed by atoms with E-state index in [4.69, 9.17) is 0 Å². The summed E-state index contributed by atoms with van der Waals surface area (Å²) < 4.78 is 0. The second kappa shape index (κ2) is 4.80. The molecule has 0 saturated heterocycles. The molecule has 0 heterocycles. The molecule has 76 valence electrons. The van der Waals surface area contributed by atoms with E-state index in [1.165, 1.54) is 5.56 Å². The van der Waals surface area contributed by atoms with Crippen LogP contribution in [0.25, 0.3) is 0 Å². The third kappa shape index (κ3) is 2.59. The van der Waals surface area contributed by atoms with E-state index in [-0.39, 0.29) is 5.91 Å². The Balaban J connectivity index is 2.80. The van der Waals surface area contributed by atoms with Crippen molar-refractivity contribution in [2.75, 3.05) is 6.54 Å². The molecule has 14 heavy (non-hydrogen) atoms. The van der Waals surface area contributed by atoms with Gasteiger partial charge >= 0.3 is 0 Å². The zero-order chi connectivity index (χ0) is 10.6. The minimum Gasteiger partial charge on any atom is -0.352 e. The van der Waals surface area contributed by atoms with Crippen LogP contribution in [-0.2, 0) is 0 Å². The first-order chi connectivity index (χ1) is 6.65. The zero-order valence-corrected chi connectivity index (χ0v) is 9.05. The average Bonchev–Trinajstić information content (AvgIpc) is 2.14. The molecule has 0 unspecified atom stereocenters. The van der Waals surface area contributed by atoms with Crippen LogP contribution in [0.2, 0.25) is 0 Å². The van der Waals surface area contributed by atoms with Crippen LogP contribution in [0.1, 0.15) is 34.8 Å². The molecule has 1 rings (SSSR count). The molecule has 1 N–H and O–H groups in total. The molecule has 2 heteroatoms. The monoisotopic (exact) mass is 191 g/mol. The average molecular weight is 191 g/mol. The second-order valence-corrected chi connectivity index (χ2v) is 3.57. The van der Waals surface area contributed by atoms with Gasteiger partial charge in [-0.3, -0.25) is 4.79 Å². The molecule has 0 saturated carbocycles. The summed E-state index contributed by atoms with van der Waals surface area (Å²) in [7, 11) is 0. The summed E-state index contributed by atoms with van der Waals surface area (Å²) in [4.78, 5) is 11.6. The van der Waals surface area contributed by atoms with Gasteiger partial charge in [-0.15, -0.1) is 0 Å². The van der Waals surface area contributed by atoms with Gasteiger partial charge in [0.1, 0.15) is 0 Å². The molecular formula is C12H17NO. The van der Waals surface area contributed by atoms with E-state index < -0.39 is 0 Å². The first-order valence-corrected chi connectivity index (χ1v) is 5.00. The Morgan fingerprint density at radius 1 is 1.36 bits per heavy atom. The maximum Gasteiger partial charge on any atom is 0.251 e. The first kappa shape index (κ1) is 10.8. The SMILES string of the molecule is CCCNC(=O)c1ccc(C)cc1C. The van der Waals surface area contributed by atoms with Gasteiger partial charge in [-0.05, 0) is 31.9 Å². The molecule has 0 atom stereocenters. The zero-order valence-electron chi connectivity index (χ0n) is 9.05. The molecule has 0 spiro atoms. The summed E-state index contributed by atoms with van der Waals surface area (Å²) in [5.41, 5.74) is 3.01. The summed E-state index contributed by atoms with van der Waals surface area (Å²) in [6, 6.07) is 5.88. The summed E-state index contributed by atoms with van der Waals surface area (Å²) in [5.74, 6) is 0.0318. The van der Waals surface area contributed by atoms with E-state index in [1.54, 1.807) is 0 Å².